The lowest BCUT2D eigenvalue weighted by molar-refractivity contribution is -0.127. The molecule has 0 unspecified atom stereocenters. The second-order valence-corrected chi connectivity index (χ2v) is 8.78. The monoisotopic (exact) mass is 505 g/mol. The fourth-order valence-corrected chi connectivity index (χ4v) is 4.49. The normalized spacial score (nSPS) is 16.0. The predicted molar refractivity (Wildman–Crippen MR) is 133 cm³/mol. The molecular formula is C27H25F2N5O3. The maximum Gasteiger partial charge on any atom is 0.249 e. The van der Waals surface area contributed by atoms with Crippen LogP contribution in [0.1, 0.15) is 24.4 Å². The number of nitrogens with zero attached hydrogens (tertiary/aromatic N) is 4. The number of para-hydroxylation sites is 1. The van der Waals surface area contributed by atoms with E-state index in [9.17, 15) is 14.0 Å². The molecule has 1 aromatic heterocycles. The maximum atomic E-state index is 15.1. The Kier molecular flexibility index (Phi) is 7.18. The number of amides is 2. The Morgan fingerprint density at radius 1 is 1.05 bits per heavy atom. The van der Waals surface area contributed by atoms with Gasteiger partial charge in [-0.2, -0.15) is 0 Å². The summed E-state index contributed by atoms with van der Waals surface area (Å²) in [4.78, 5) is 28.6. The second kappa shape index (κ2) is 10.8. The molecule has 1 saturated heterocycles. The van der Waals surface area contributed by atoms with Gasteiger partial charge in [-0.25, -0.2) is 13.5 Å². The first-order chi connectivity index (χ1) is 18.0. The Bertz CT molecular complexity index is 1400. The number of halogens is 2. The highest BCUT2D eigenvalue weighted by Crippen LogP contribution is 2.30. The molecule has 0 saturated carbocycles. The molecular weight excluding hydrogens is 480 g/mol. The van der Waals surface area contributed by atoms with E-state index in [1.165, 1.54) is 52.0 Å². The third kappa shape index (κ3) is 5.34. The van der Waals surface area contributed by atoms with E-state index in [-0.39, 0.29) is 30.4 Å². The molecule has 8 nitrogen and oxygen atoms in total. The molecule has 0 bridgehead atoms. The van der Waals surface area contributed by atoms with Crippen molar-refractivity contribution in [2.24, 2.45) is 0 Å². The standard InChI is InChI=1S/C27H25F2N5O3/c28-18-11-13-19(14-12-18)34(25(35)17-33-24-10-4-3-9-23(24)31-32-33)26(21-7-1-2-8-22(21)29)27(36)30-16-20-6-5-15-37-20/h1-4,7-14,20,26H,5-6,15-17H2,(H,30,36)/t20-,26-/m0/s1. The lowest BCUT2D eigenvalue weighted by atomic mass is 10.0. The van der Waals surface area contributed by atoms with Gasteiger partial charge in [0.2, 0.25) is 11.8 Å². The van der Waals surface area contributed by atoms with Gasteiger partial charge < -0.3 is 10.1 Å². The Morgan fingerprint density at radius 2 is 1.81 bits per heavy atom. The van der Waals surface area contributed by atoms with Gasteiger partial charge in [0.25, 0.3) is 0 Å². The van der Waals surface area contributed by atoms with Gasteiger partial charge >= 0.3 is 0 Å². The van der Waals surface area contributed by atoms with Crippen LogP contribution >= 0.6 is 0 Å². The van der Waals surface area contributed by atoms with Crippen LogP contribution in [0.25, 0.3) is 11.0 Å². The van der Waals surface area contributed by atoms with E-state index < -0.39 is 29.5 Å². The fraction of sp³-hybridized carbons (Fsp3) is 0.259. The van der Waals surface area contributed by atoms with Gasteiger partial charge in [-0.1, -0.05) is 35.5 Å². The molecule has 5 rings (SSSR count). The number of aromatic nitrogens is 3. The van der Waals surface area contributed by atoms with Crippen molar-refractivity contribution in [3.8, 4) is 0 Å². The molecule has 2 atom stereocenters. The van der Waals surface area contributed by atoms with Crippen molar-refractivity contribution in [2.45, 2.75) is 31.5 Å². The number of benzene rings is 3. The molecule has 37 heavy (non-hydrogen) atoms. The van der Waals surface area contributed by atoms with Crippen LogP contribution in [0, 0.1) is 11.6 Å². The van der Waals surface area contributed by atoms with Crippen molar-refractivity contribution in [1.29, 1.82) is 0 Å². The first-order valence-corrected chi connectivity index (χ1v) is 12.0. The van der Waals surface area contributed by atoms with Crippen molar-refractivity contribution < 1.29 is 23.1 Å². The predicted octanol–water partition coefficient (Wildman–Crippen LogP) is 3.78. The molecule has 0 spiro atoms. The molecule has 1 fully saturated rings. The summed E-state index contributed by atoms with van der Waals surface area (Å²) >= 11 is 0. The van der Waals surface area contributed by atoms with Crippen LogP contribution in [-0.4, -0.2) is 46.1 Å². The quantitative estimate of drug-likeness (QED) is 0.394. The molecule has 2 amide bonds. The van der Waals surface area contributed by atoms with E-state index >= 15 is 4.39 Å². The summed E-state index contributed by atoms with van der Waals surface area (Å²) in [5.41, 5.74) is 1.47. The van der Waals surface area contributed by atoms with Gasteiger partial charge in [0.1, 0.15) is 29.7 Å². The van der Waals surface area contributed by atoms with Gasteiger partial charge in [-0.05, 0) is 55.3 Å². The van der Waals surface area contributed by atoms with Gasteiger partial charge in [0, 0.05) is 24.4 Å². The summed E-state index contributed by atoms with van der Waals surface area (Å²) in [6.45, 7) is 0.564. The number of anilines is 1. The number of rotatable bonds is 8. The van der Waals surface area contributed by atoms with Gasteiger partial charge in [0.05, 0.1) is 11.6 Å². The Balaban J connectivity index is 1.54. The number of hydrogen-bond acceptors (Lipinski definition) is 5. The third-order valence-corrected chi connectivity index (χ3v) is 6.31. The van der Waals surface area contributed by atoms with Crippen molar-refractivity contribution >= 4 is 28.5 Å². The maximum absolute atomic E-state index is 15.1. The minimum Gasteiger partial charge on any atom is -0.376 e. The second-order valence-electron chi connectivity index (χ2n) is 8.78. The topological polar surface area (TPSA) is 89.4 Å². The van der Waals surface area contributed by atoms with E-state index in [2.05, 4.69) is 15.6 Å². The van der Waals surface area contributed by atoms with Gasteiger partial charge in [-0.15, -0.1) is 5.10 Å². The third-order valence-electron chi connectivity index (χ3n) is 6.31. The summed E-state index contributed by atoms with van der Waals surface area (Å²) in [5.74, 6) is -2.29. The Labute approximate surface area is 211 Å². The molecule has 1 aliphatic rings. The number of ether oxygens (including phenoxy) is 1. The van der Waals surface area contributed by atoms with Crippen LogP contribution in [0.2, 0.25) is 0 Å². The SMILES string of the molecule is O=C(NC[C@@H]1CCCO1)[C@H](c1ccccc1F)N(C(=O)Cn1nnc2ccccc21)c1ccc(F)cc1. The molecule has 4 aromatic rings. The molecule has 3 aromatic carbocycles. The van der Waals surface area contributed by atoms with Gasteiger partial charge in [0.15, 0.2) is 0 Å². The summed E-state index contributed by atoms with van der Waals surface area (Å²) in [5, 5.41) is 11.0. The molecule has 1 aliphatic heterocycles. The number of hydrogen-bond donors (Lipinski definition) is 1. The highest BCUT2D eigenvalue weighted by atomic mass is 19.1. The van der Waals surface area contributed by atoms with E-state index in [0.717, 1.165) is 12.8 Å². The summed E-state index contributed by atoms with van der Waals surface area (Å²) in [6.07, 6.45) is 1.54. The number of nitrogens with one attached hydrogen (secondary N) is 1. The zero-order chi connectivity index (χ0) is 25.8. The van der Waals surface area contributed by atoms with E-state index in [0.29, 0.717) is 17.6 Å². The minimum absolute atomic E-state index is 0.00784. The van der Waals surface area contributed by atoms with E-state index in [1.54, 1.807) is 30.3 Å². The smallest absolute Gasteiger partial charge is 0.249 e. The number of fused-ring (bicyclic) bond motifs is 1. The van der Waals surface area contributed by atoms with Crippen molar-refractivity contribution in [3.05, 3.63) is 90.0 Å². The van der Waals surface area contributed by atoms with Crippen molar-refractivity contribution in [3.63, 3.8) is 0 Å². The van der Waals surface area contributed by atoms with Crippen LogP contribution in [-0.2, 0) is 20.9 Å². The molecule has 1 N–H and O–H groups in total. The summed E-state index contributed by atoms with van der Waals surface area (Å²) in [6, 6.07) is 16.7. The van der Waals surface area contributed by atoms with Crippen LogP contribution < -0.4 is 10.2 Å². The van der Waals surface area contributed by atoms with E-state index in [1.807, 2.05) is 0 Å². The largest absolute Gasteiger partial charge is 0.376 e. The average molecular weight is 506 g/mol. The number of carbonyl (C=O) groups excluding carboxylic acids is 2. The highest BCUT2D eigenvalue weighted by molar-refractivity contribution is 6.01. The molecule has 0 aliphatic carbocycles. The number of carbonyl (C=O) groups is 2. The fourth-order valence-electron chi connectivity index (χ4n) is 4.49. The summed E-state index contributed by atoms with van der Waals surface area (Å²) in [7, 11) is 0. The Morgan fingerprint density at radius 3 is 2.57 bits per heavy atom. The average Bonchev–Trinajstić information content (AvgIpc) is 3.58. The van der Waals surface area contributed by atoms with Crippen LogP contribution in [0.5, 0.6) is 0 Å². The Hall–Kier alpha value is -4.18. The minimum atomic E-state index is -1.37. The lowest BCUT2D eigenvalue weighted by Gasteiger charge is -2.32. The van der Waals surface area contributed by atoms with Crippen molar-refractivity contribution in [1.82, 2.24) is 20.3 Å². The van der Waals surface area contributed by atoms with Crippen LogP contribution in [0.4, 0.5) is 14.5 Å². The van der Waals surface area contributed by atoms with E-state index in [4.69, 9.17) is 4.74 Å². The summed E-state index contributed by atoms with van der Waals surface area (Å²) < 4.78 is 35.9. The highest BCUT2D eigenvalue weighted by Gasteiger charge is 2.35. The molecule has 2 heterocycles. The first-order valence-electron chi connectivity index (χ1n) is 12.0. The van der Waals surface area contributed by atoms with Crippen molar-refractivity contribution in [2.75, 3.05) is 18.1 Å². The lowest BCUT2D eigenvalue weighted by Crippen LogP contribution is -2.47. The van der Waals surface area contributed by atoms with Crippen LogP contribution in [0.3, 0.4) is 0 Å². The first kappa shape index (κ1) is 24.5. The zero-order valence-corrected chi connectivity index (χ0v) is 19.9. The molecule has 190 valence electrons. The van der Waals surface area contributed by atoms with Crippen LogP contribution in [0.15, 0.2) is 72.8 Å². The zero-order valence-electron chi connectivity index (χ0n) is 19.9. The molecule has 10 heteroatoms. The molecule has 0 radical (unpaired) electrons. The van der Waals surface area contributed by atoms with Gasteiger partial charge in [-0.3, -0.25) is 14.5 Å².